The molecule has 0 radical (unpaired) electrons. The first-order valence-corrected chi connectivity index (χ1v) is 6.49. The molecule has 0 saturated carbocycles. The van der Waals surface area contributed by atoms with Crippen molar-refractivity contribution in [3.05, 3.63) is 33.9 Å². The van der Waals surface area contributed by atoms with E-state index in [0.29, 0.717) is 16.4 Å². The molecule has 0 aliphatic carbocycles. The maximum atomic E-state index is 11.0. The van der Waals surface area contributed by atoms with Gasteiger partial charge in [0.15, 0.2) is 0 Å². The zero-order valence-electron chi connectivity index (χ0n) is 10.2. The molecule has 1 atom stereocenters. The average Bonchev–Trinajstić information content (AvgIpc) is 2.25. The number of benzene rings is 1. The lowest BCUT2D eigenvalue weighted by Gasteiger charge is -2.08. The molecule has 0 heterocycles. The van der Waals surface area contributed by atoms with Crippen molar-refractivity contribution in [1.82, 2.24) is 0 Å². The fraction of sp³-hybridized carbons (Fsp3) is 0.500. The van der Waals surface area contributed by atoms with Crippen LogP contribution in [-0.4, -0.2) is 15.8 Å². The zero-order valence-corrected chi connectivity index (χ0v) is 11.0. The highest BCUT2D eigenvalue weighted by Crippen LogP contribution is 2.32. The summed E-state index contributed by atoms with van der Waals surface area (Å²) in [6.07, 6.45) is -0.683. The number of nitro groups is 1. The first kappa shape index (κ1) is 14.0. The Labute approximate surface area is 105 Å². The average molecular weight is 255 g/mol. The predicted octanol–water partition coefficient (Wildman–Crippen LogP) is 3.40. The maximum Gasteiger partial charge on any atom is 0.283 e. The maximum absolute atomic E-state index is 11.0. The number of thioether (sulfide) groups is 1. The van der Waals surface area contributed by atoms with Crippen molar-refractivity contribution in [3.8, 4) is 0 Å². The third kappa shape index (κ3) is 4.02. The molecule has 0 unspecified atom stereocenters. The quantitative estimate of drug-likeness (QED) is 0.497. The summed E-state index contributed by atoms with van der Waals surface area (Å²) in [5.41, 5.74) is 0.652. The molecule has 5 heteroatoms. The van der Waals surface area contributed by atoms with Crippen molar-refractivity contribution >= 4 is 17.4 Å². The van der Waals surface area contributed by atoms with Gasteiger partial charge in [-0.05, 0) is 24.5 Å². The van der Waals surface area contributed by atoms with E-state index in [-0.39, 0.29) is 5.69 Å². The summed E-state index contributed by atoms with van der Waals surface area (Å²) in [6.45, 7) is 5.74. The lowest BCUT2D eigenvalue weighted by molar-refractivity contribution is -0.387. The van der Waals surface area contributed by atoms with Gasteiger partial charge in [-0.3, -0.25) is 10.1 Å². The summed E-state index contributed by atoms with van der Waals surface area (Å²) in [7, 11) is 0. The molecule has 0 fully saturated rings. The van der Waals surface area contributed by atoms with Crippen LogP contribution >= 0.6 is 11.8 Å². The SMILES string of the molecule is CC(C)CSc1ccc([C@@H](C)O)cc1[N+](=O)[O-]. The Bertz CT molecular complexity index is 405. The van der Waals surface area contributed by atoms with Gasteiger partial charge in [0.1, 0.15) is 0 Å². The molecule has 0 aliphatic heterocycles. The van der Waals surface area contributed by atoms with Gasteiger partial charge in [-0.25, -0.2) is 0 Å². The molecule has 94 valence electrons. The number of rotatable bonds is 5. The Morgan fingerprint density at radius 1 is 1.41 bits per heavy atom. The van der Waals surface area contributed by atoms with Crippen LogP contribution in [0.25, 0.3) is 0 Å². The topological polar surface area (TPSA) is 63.4 Å². The number of hydrogen-bond acceptors (Lipinski definition) is 4. The van der Waals surface area contributed by atoms with Crippen LogP contribution in [0.5, 0.6) is 0 Å². The molecule has 17 heavy (non-hydrogen) atoms. The number of aliphatic hydroxyl groups is 1. The minimum absolute atomic E-state index is 0.0778. The monoisotopic (exact) mass is 255 g/mol. The Hall–Kier alpha value is -1.07. The van der Waals surface area contributed by atoms with Crippen molar-refractivity contribution in [1.29, 1.82) is 0 Å². The van der Waals surface area contributed by atoms with Gasteiger partial charge in [0.05, 0.1) is 15.9 Å². The summed E-state index contributed by atoms with van der Waals surface area (Å²) in [4.78, 5) is 11.2. The molecule has 4 nitrogen and oxygen atoms in total. The minimum atomic E-state index is -0.683. The molecule has 0 amide bonds. The zero-order chi connectivity index (χ0) is 13.0. The summed E-state index contributed by atoms with van der Waals surface area (Å²) in [6, 6.07) is 4.90. The van der Waals surface area contributed by atoms with Gasteiger partial charge in [-0.1, -0.05) is 19.9 Å². The number of nitro benzene ring substituents is 1. The van der Waals surface area contributed by atoms with Gasteiger partial charge in [0.25, 0.3) is 5.69 Å². The summed E-state index contributed by atoms with van der Waals surface area (Å²) in [5, 5.41) is 20.4. The van der Waals surface area contributed by atoms with Crippen LogP contribution in [0.3, 0.4) is 0 Å². The highest BCUT2D eigenvalue weighted by Gasteiger charge is 2.16. The van der Waals surface area contributed by atoms with Crippen molar-refractivity contribution in [2.45, 2.75) is 31.8 Å². The second-order valence-electron chi connectivity index (χ2n) is 4.37. The fourth-order valence-corrected chi connectivity index (χ4v) is 2.27. The van der Waals surface area contributed by atoms with Gasteiger partial charge in [-0.2, -0.15) is 0 Å². The summed E-state index contributed by atoms with van der Waals surface area (Å²) in [5.74, 6) is 1.32. The number of aliphatic hydroxyl groups excluding tert-OH is 1. The Morgan fingerprint density at radius 3 is 2.53 bits per heavy atom. The van der Waals surface area contributed by atoms with E-state index in [1.54, 1.807) is 19.1 Å². The van der Waals surface area contributed by atoms with E-state index in [1.807, 2.05) is 0 Å². The van der Waals surface area contributed by atoms with Crippen molar-refractivity contribution in [2.75, 3.05) is 5.75 Å². The van der Waals surface area contributed by atoms with E-state index in [9.17, 15) is 15.2 Å². The van der Waals surface area contributed by atoms with Crippen molar-refractivity contribution < 1.29 is 10.0 Å². The molecule has 1 N–H and O–H groups in total. The first-order valence-electron chi connectivity index (χ1n) is 5.51. The van der Waals surface area contributed by atoms with Crippen LogP contribution in [0.15, 0.2) is 23.1 Å². The minimum Gasteiger partial charge on any atom is -0.389 e. The number of hydrogen-bond donors (Lipinski definition) is 1. The Morgan fingerprint density at radius 2 is 2.06 bits per heavy atom. The van der Waals surface area contributed by atoms with Crippen LogP contribution in [0, 0.1) is 16.0 Å². The molecule has 0 bridgehead atoms. The smallest absolute Gasteiger partial charge is 0.283 e. The fourth-order valence-electron chi connectivity index (χ4n) is 1.32. The van der Waals surface area contributed by atoms with Crippen molar-refractivity contribution in [3.63, 3.8) is 0 Å². The Balaban J connectivity index is 3.00. The van der Waals surface area contributed by atoms with Crippen LogP contribution in [0.4, 0.5) is 5.69 Å². The lowest BCUT2D eigenvalue weighted by Crippen LogP contribution is -1.98. The molecule has 1 aromatic rings. The van der Waals surface area contributed by atoms with Gasteiger partial charge < -0.3 is 5.11 Å². The molecule has 0 aliphatic rings. The van der Waals surface area contributed by atoms with E-state index in [2.05, 4.69) is 13.8 Å². The first-order chi connectivity index (χ1) is 7.91. The molecule has 1 rings (SSSR count). The largest absolute Gasteiger partial charge is 0.389 e. The lowest BCUT2D eigenvalue weighted by atomic mass is 10.1. The van der Waals surface area contributed by atoms with Gasteiger partial charge in [-0.15, -0.1) is 11.8 Å². The van der Waals surface area contributed by atoms with Crippen LogP contribution in [0.1, 0.15) is 32.4 Å². The molecule has 0 aromatic heterocycles. The molecular weight excluding hydrogens is 238 g/mol. The van der Waals surface area contributed by atoms with Crippen LogP contribution < -0.4 is 0 Å². The van der Waals surface area contributed by atoms with E-state index in [1.165, 1.54) is 17.8 Å². The number of nitrogens with zero attached hydrogens (tertiary/aromatic N) is 1. The molecule has 1 aromatic carbocycles. The van der Waals surface area contributed by atoms with E-state index < -0.39 is 11.0 Å². The summed E-state index contributed by atoms with van der Waals surface area (Å²) < 4.78 is 0. The van der Waals surface area contributed by atoms with Crippen molar-refractivity contribution in [2.24, 2.45) is 5.92 Å². The third-order valence-electron chi connectivity index (χ3n) is 2.23. The van der Waals surface area contributed by atoms with Crippen LogP contribution in [-0.2, 0) is 0 Å². The van der Waals surface area contributed by atoms with E-state index >= 15 is 0 Å². The van der Waals surface area contributed by atoms with Gasteiger partial charge in [0.2, 0.25) is 0 Å². The van der Waals surface area contributed by atoms with E-state index in [4.69, 9.17) is 0 Å². The third-order valence-corrected chi connectivity index (χ3v) is 3.72. The second kappa shape index (κ2) is 6.02. The highest BCUT2D eigenvalue weighted by molar-refractivity contribution is 7.99. The summed E-state index contributed by atoms with van der Waals surface area (Å²) >= 11 is 1.48. The Kier molecular flexibility index (Phi) is 4.96. The highest BCUT2D eigenvalue weighted by atomic mass is 32.2. The molecule has 0 saturated heterocycles. The predicted molar refractivity (Wildman–Crippen MR) is 69.3 cm³/mol. The molecule has 0 spiro atoms. The van der Waals surface area contributed by atoms with Crippen LogP contribution in [0.2, 0.25) is 0 Å². The van der Waals surface area contributed by atoms with Gasteiger partial charge in [0, 0.05) is 11.8 Å². The molecular formula is C12H17NO3S. The normalized spacial score (nSPS) is 12.8. The second-order valence-corrected chi connectivity index (χ2v) is 5.43. The van der Waals surface area contributed by atoms with E-state index in [0.717, 1.165) is 5.75 Å². The standard InChI is InChI=1S/C12H17NO3S/c1-8(2)7-17-12-5-4-10(9(3)14)6-11(12)13(15)16/h4-6,8-9,14H,7H2,1-3H3/t9-/m1/s1. The van der Waals surface area contributed by atoms with Gasteiger partial charge >= 0.3 is 0 Å².